The van der Waals surface area contributed by atoms with Crippen molar-refractivity contribution in [2.75, 3.05) is 4.90 Å². The number of urea groups is 1. The Balaban J connectivity index is 2.24. The zero-order valence-electron chi connectivity index (χ0n) is 9.78. The molecule has 0 spiro atoms. The van der Waals surface area contributed by atoms with Crippen LogP contribution in [0, 0.1) is 0 Å². The third kappa shape index (κ3) is 2.87. The van der Waals surface area contributed by atoms with Crippen molar-refractivity contribution in [2.45, 2.75) is 6.54 Å². The van der Waals surface area contributed by atoms with E-state index >= 15 is 0 Å². The van der Waals surface area contributed by atoms with Crippen LogP contribution in [0.5, 0.6) is 0 Å². The normalized spacial score (nSPS) is 9.83. The number of hydrogen-bond donors (Lipinski definition) is 2. The summed E-state index contributed by atoms with van der Waals surface area (Å²) in [6, 6.07) is 18.3. The van der Waals surface area contributed by atoms with Crippen LogP contribution in [-0.4, -0.2) is 11.2 Å². The fraction of sp³-hybridized carbons (Fsp3) is 0.0714. The van der Waals surface area contributed by atoms with Gasteiger partial charge in [-0.15, -0.1) is 0 Å². The maximum atomic E-state index is 11.7. The largest absolute Gasteiger partial charge is 0.345 e. The van der Waals surface area contributed by atoms with Crippen LogP contribution in [0.3, 0.4) is 0 Å². The molecule has 0 aliphatic carbocycles. The van der Waals surface area contributed by atoms with Crippen molar-refractivity contribution >= 4 is 11.7 Å². The highest BCUT2D eigenvalue weighted by molar-refractivity contribution is 5.91. The van der Waals surface area contributed by atoms with E-state index in [4.69, 9.17) is 5.21 Å². The van der Waals surface area contributed by atoms with Crippen LogP contribution in [0.1, 0.15) is 5.56 Å². The Morgan fingerprint density at radius 1 is 1.00 bits per heavy atom. The zero-order valence-corrected chi connectivity index (χ0v) is 9.78. The first-order valence-electron chi connectivity index (χ1n) is 5.62. The first-order valence-corrected chi connectivity index (χ1v) is 5.62. The van der Waals surface area contributed by atoms with E-state index in [2.05, 4.69) is 0 Å². The second-order valence-corrected chi connectivity index (χ2v) is 3.82. The first-order chi connectivity index (χ1) is 8.81. The molecule has 2 rings (SSSR count). The number of amides is 2. The third-order valence-electron chi connectivity index (χ3n) is 2.59. The van der Waals surface area contributed by atoms with Crippen LogP contribution in [0.4, 0.5) is 10.5 Å². The molecule has 0 aromatic heterocycles. The molecule has 2 aromatic rings. The summed E-state index contributed by atoms with van der Waals surface area (Å²) in [6.07, 6.45) is 0. The average molecular weight is 242 g/mol. The molecule has 2 amide bonds. The quantitative estimate of drug-likeness (QED) is 0.642. The van der Waals surface area contributed by atoms with Crippen molar-refractivity contribution < 1.29 is 10.0 Å². The number of nitrogens with zero attached hydrogens (tertiary/aromatic N) is 1. The van der Waals surface area contributed by atoms with Gasteiger partial charge in [0.25, 0.3) is 0 Å². The van der Waals surface area contributed by atoms with Crippen molar-refractivity contribution in [3.05, 3.63) is 66.2 Å². The topological polar surface area (TPSA) is 52.6 Å². The summed E-state index contributed by atoms with van der Waals surface area (Å²) in [5, 5.41) is 8.80. The molecule has 0 atom stereocenters. The number of carbonyl (C=O) groups is 1. The molecule has 0 aliphatic heterocycles. The summed E-state index contributed by atoms with van der Waals surface area (Å²) in [7, 11) is 0. The number of para-hydroxylation sites is 1. The standard InChI is InChI=1S/C14H14N2O2/c17-14(15-18)16(13-9-5-2-6-10-13)11-12-7-3-1-4-8-12/h1-10,18H,11H2,(H,15,17). The van der Waals surface area contributed by atoms with Crippen molar-refractivity contribution in [3.8, 4) is 0 Å². The second kappa shape index (κ2) is 5.84. The van der Waals surface area contributed by atoms with Crippen molar-refractivity contribution in [3.63, 3.8) is 0 Å². The molecule has 0 fully saturated rings. The van der Waals surface area contributed by atoms with E-state index in [1.54, 1.807) is 5.48 Å². The molecule has 0 saturated heterocycles. The SMILES string of the molecule is O=C(NO)N(Cc1ccccc1)c1ccccc1. The molecule has 0 aliphatic rings. The number of benzene rings is 2. The van der Waals surface area contributed by atoms with Crippen LogP contribution in [0.15, 0.2) is 60.7 Å². The van der Waals surface area contributed by atoms with Crippen LogP contribution in [-0.2, 0) is 6.54 Å². The lowest BCUT2D eigenvalue weighted by molar-refractivity contribution is 0.166. The Morgan fingerprint density at radius 2 is 1.56 bits per heavy atom. The lowest BCUT2D eigenvalue weighted by Crippen LogP contribution is -2.37. The Labute approximate surface area is 105 Å². The molecule has 0 unspecified atom stereocenters. The maximum absolute atomic E-state index is 11.7. The molecule has 4 nitrogen and oxygen atoms in total. The molecule has 0 heterocycles. The van der Waals surface area contributed by atoms with Gasteiger partial charge in [0.2, 0.25) is 0 Å². The van der Waals surface area contributed by atoms with Gasteiger partial charge in [-0.25, -0.2) is 10.3 Å². The molecule has 18 heavy (non-hydrogen) atoms. The highest BCUT2D eigenvalue weighted by Gasteiger charge is 2.14. The number of rotatable bonds is 3. The van der Waals surface area contributed by atoms with Gasteiger partial charge in [0.15, 0.2) is 0 Å². The minimum absolute atomic E-state index is 0.400. The summed E-state index contributed by atoms with van der Waals surface area (Å²) >= 11 is 0. The fourth-order valence-corrected chi connectivity index (χ4v) is 1.71. The predicted molar refractivity (Wildman–Crippen MR) is 69.4 cm³/mol. The molecule has 92 valence electrons. The molecular weight excluding hydrogens is 228 g/mol. The van der Waals surface area contributed by atoms with Gasteiger partial charge in [-0.3, -0.25) is 10.1 Å². The summed E-state index contributed by atoms with van der Waals surface area (Å²) in [6.45, 7) is 0.400. The van der Waals surface area contributed by atoms with E-state index in [1.807, 2.05) is 60.7 Å². The van der Waals surface area contributed by atoms with Gasteiger partial charge >= 0.3 is 6.03 Å². The number of hydrogen-bond acceptors (Lipinski definition) is 2. The van der Waals surface area contributed by atoms with Crippen LogP contribution in [0.25, 0.3) is 0 Å². The van der Waals surface area contributed by atoms with Crippen molar-refractivity contribution in [1.29, 1.82) is 0 Å². The fourth-order valence-electron chi connectivity index (χ4n) is 1.71. The van der Waals surface area contributed by atoms with E-state index in [0.717, 1.165) is 11.3 Å². The number of nitrogens with one attached hydrogen (secondary N) is 1. The van der Waals surface area contributed by atoms with Gasteiger partial charge in [-0.05, 0) is 17.7 Å². The summed E-state index contributed by atoms with van der Waals surface area (Å²) < 4.78 is 0. The highest BCUT2D eigenvalue weighted by Crippen LogP contribution is 2.16. The third-order valence-corrected chi connectivity index (χ3v) is 2.59. The summed E-state index contributed by atoms with van der Waals surface area (Å²) in [5.41, 5.74) is 3.39. The van der Waals surface area contributed by atoms with Gasteiger partial charge in [-0.2, -0.15) is 0 Å². The average Bonchev–Trinajstić information content (AvgIpc) is 2.46. The van der Waals surface area contributed by atoms with Crippen LogP contribution < -0.4 is 10.4 Å². The van der Waals surface area contributed by atoms with E-state index in [0.29, 0.717) is 6.54 Å². The van der Waals surface area contributed by atoms with Gasteiger partial charge in [0, 0.05) is 5.69 Å². The van der Waals surface area contributed by atoms with E-state index in [1.165, 1.54) is 4.90 Å². The minimum Gasteiger partial charge on any atom is -0.288 e. The molecular formula is C14H14N2O2. The van der Waals surface area contributed by atoms with Gasteiger partial charge < -0.3 is 0 Å². The van der Waals surface area contributed by atoms with E-state index in [9.17, 15) is 4.79 Å². The highest BCUT2D eigenvalue weighted by atomic mass is 16.5. The van der Waals surface area contributed by atoms with Crippen molar-refractivity contribution in [2.24, 2.45) is 0 Å². The first kappa shape index (κ1) is 12.1. The van der Waals surface area contributed by atoms with Gasteiger partial charge in [-0.1, -0.05) is 48.5 Å². The maximum Gasteiger partial charge on any atom is 0.345 e. The molecule has 0 bridgehead atoms. The van der Waals surface area contributed by atoms with E-state index in [-0.39, 0.29) is 0 Å². The Hall–Kier alpha value is -2.33. The molecule has 2 aromatic carbocycles. The van der Waals surface area contributed by atoms with Crippen LogP contribution in [0.2, 0.25) is 0 Å². The number of hydroxylamine groups is 1. The van der Waals surface area contributed by atoms with Crippen LogP contribution >= 0.6 is 0 Å². The summed E-state index contributed by atoms with van der Waals surface area (Å²) in [5.74, 6) is 0. The Kier molecular flexibility index (Phi) is 3.94. The minimum atomic E-state index is -0.551. The lowest BCUT2D eigenvalue weighted by Gasteiger charge is -2.21. The van der Waals surface area contributed by atoms with Crippen molar-refractivity contribution in [1.82, 2.24) is 5.48 Å². The number of anilines is 1. The predicted octanol–water partition coefficient (Wildman–Crippen LogP) is 2.79. The monoisotopic (exact) mass is 242 g/mol. The molecule has 2 N–H and O–H groups in total. The second-order valence-electron chi connectivity index (χ2n) is 3.82. The summed E-state index contributed by atoms with van der Waals surface area (Å²) in [4.78, 5) is 13.1. The Bertz CT molecular complexity index is 500. The van der Waals surface area contributed by atoms with Gasteiger partial charge in [0.1, 0.15) is 0 Å². The molecule has 4 heteroatoms. The van der Waals surface area contributed by atoms with E-state index < -0.39 is 6.03 Å². The lowest BCUT2D eigenvalue weighted by atomic mass is 10.2. The zero-order chi connectivity index (χ0) is 12.8. The number of carbonyl (C=O) groups excluding carboxylic acids is 1. The molecule has 0 saturated carbocycles. The van der Waals surface area contributed by atoms with Gasteiger partial charge in [0.05, 0.1) is 6.54 Å². The smallest absolute Gasteiger partial charge is 0.288 e. The Morgan fingerprint density at radius 3 is 2.11 bits per heavy atom. The molecule has 0 radical (unpaired) electrons.